The van der Waals surface area contributed by atoms with Crippen molar-refractivity contribution >= 4 is 11.7 Å². The van der Waals surface area contributed by atoms with Gasteiger partial charge in [0, 0.05) is 6.07 Å². The molecular weight excluding hydrogens is 304 g/mol. The Hall–Kier alpha value is -2.97. The first-order valence-electron chi connectivity index (χ1n) is 6.96. The molecule has 2 aromatic rings. The summed E-state index contributed by atoms with van der Waals surface area (Å²) in [4.78, 5) is 22.4. The number of ether oxygens (including phenoxy) is 1. The summed E-state index contributed by atoms with van der Waals surface area (Å²) in [5.74, 6) is -1.32. The fourth-order valence-corrected chi connectivity index (χ4v) is 2.05. The molecule has 0 amide bonds. The van der Waals surface area contributed by atoms with Crippen molar-refractivity contribution in [1.29, 1.82) is 0 Å². The Morgan fingerprint density at radius 2 is 2.13 bits per heavy atom. The second kappa shape index (κ2) is 6.42. The van der Waals surface area contributed by atoms with Crippen molar-refractivity contribution in [2.45, 2.75) is 26.7 Å². The van der Waals surface area contributed by atoms with Crippen molar-refractivity contribution in [3.8, 4) is 17.0 Å². The average molecular weight is 320 g/mol. The van der Waals surface area contributed by atoms with E-state index < -0.39 is 22.3 Å². The number of carbonyl (C=O) groups excluding carboxylic acids is 1. The zero-order valence-electron chi connectivity index (χ0n) is 12.9. The van der Waals surface area contributed by atoms with Gasteiger partial charge in [-0.15, -0.1) is 5.10 Å². The minimum Gasteiger partial charge on any atom is -0.502 e. The Kier molecular flexibility index (Phi) is 4.58. The van der Waals surface area contributed by atoms with Crippen LogP contribution >= 0.6 is 0 Å². The Balaban J connectivity index is 2.66. The number of aromatic hydroxyl groups is 1. The first-order valence-corrected chi connectivity index (χ1v) is 6.96. The molecule has 2 rings (SSSR count). The standard InChI is InChI=1S/C14H16N4O5/c1-4-23-14(20)12-11(15-17-16-12)9-5-8(7(2)3)6-10(13(9)19)18(21)22/h5-7,19H,4H2,1-3H3,(H,15,16,17). The van der Waals surface area contributed by atoms with Gasteiger partial charge in [-0.05, 0) is 24.5 Å². The number of phenolic OH excluding ortho intramolecular Hbond substituents is 1. The van der Waals surface area contributed by atoms with Crippen molar-refractivity contribution in [2.75, 3.05) is 6.61 Å². The maximum absolute atomic E-state index is 11.9. The second-order valence-corrected chi connectivity index (χ2v) is 5.09. The molecule has 0 fully saturated rings. The summed E-state index contributed by atoms with van der Waals surface area (Å²) in [5, 5.41) is 31.2. The molecule has 0 unspecified atom stereocenters. The third-order valence-electron chi connectivity index (χ3n) is 3.25. The van der Waals surface area contributed by atoms with E-state index in [1.165, 1.54) is 6.07 Å². The number of nitrogens with zero attached hydrogens (tertiary/aromatic N) is 3. The number of hydrogen-bond donors (Lipinski definition) is 2. The smallest absolute Gasteiger partial charge is 0.361 e. The summed E-state index contributed by atoms with van der Waals surface area (Å²) in [6, 6.07) is 2.85. The van der Waals surface area contributed by atoms with Gasteiger partial charge in [0.2, 0.25) is 5.75 Å². The number of rotatable bonds is 5. The lowest BCUT2D eigenvalue weighted by molar-refractivity contribution is -0.385. The van der Waals surface area contributed by atoms with E-state index in [-0.39, 0.29) is 29.5 Å². The molecule has 1 aromatic carbocycles. The fraction of sp³-hybridized carbons (Fsp3) is 0.357. The van der Waals surface area contributed by atoms with Gasteiger partial charge in [-0.25, -0.2) is 4.79 Å². The quantitative estimate of drug-likeness (QED) is 0.491. The molecule has 0 atom stereocenters. The van der Waals surface area contributed by atoms with Gasteiger partial charge in [0.25, 0.3) is 0 Å². The number of aromatic nitrogens is 3. The van der Waals surface area contributed by atoms with Gasteiger partial charge in [-0.2, -0.15) is 10.3 Å². The van der Waals surface area contributed by atoms with E-state index in [9.17, 15) is 20.0 Å². The van der Waals surface area contributed by atoms with E-state index in [4.69, 9.17) is 4.74 Å². The zero-order valence-corrected chi connectivity index (χ0v) is 12.9. The average Bonchev–Trinajstić information content (AvgIpc) is 2.96. The van der Waals surface area contributed by atoms with E-state index >= 15 is 0 Å². The number of nitro benzene ring substituents is 1. The summed E-state index contributed by atoms with van der Waals surface area (Å²) in [7, 11) is 0. The molecular formula is C14H16N4O5. The molecule has 2 N–H and O–H groups in total. The summed E-state index contributed by atoms with van der Waals surface area (Å²) in [6.45, 7) is 5.49. The molecule has 1 heterocycles. The second-order valence-electron chi connectivity index (χ2n) is 5.09. The Morgan fingerprint density at radius 3 is 2.70 bits per heavy atom. The Morgan fingerprint density at radius 1 is 1.43 bits per heavy atom. The third kappa shape index (κ3) is 3.12. The lowest BCUT2D eigenvalue weighted by atomic mass is 9.97. The van der Waals surface area contributed by atoms with Crippen LogP contribution in [0.2, 0.25) is 0 Å². The van der Waals surface area contributed by atoms with Crippen LogP contribution in [0.5, 0.6) is 5.75 Å². The first-order chi connectivity index (χ1) is 10.9. The number of benzene rings is 1. The van der Waals surface area contributed by atoms with Gasteiger partial charge in [0.1, 0.15) is 5.69 Å². The van der Waals surface area contributed by atoms with E-state index in [1.807, 2.05) is 13.8 Å². The highest BCUT2D eigenvalue weighted by Gasteiger charge is 2.27. The molecule has 9 nitrogen and oxygen atoms in total. The molecule has 23 heavy (non-hydrogen) atoms. The molecule has 0 aliphatic heterocycles. The maximum Gasteiger partial charge on any atom is 0.361 e. The largest absolute Gasteiger partial charge is 0.502 e. The minimum atomic E-state index is -0.728. The predicted molar refractivity (Wildman–Crippen MR) is 80.2 cm³/mol. The number of aromatic amines is 1. The number of esters is 1. The minimum absolute atomic E-state index is 0.00606. The number of nitro groups is 1. The zero-order chi connectivity index (χ0) is 17.1. The molecule has 0 saturated carbocycles. The highest BCUT2D eigenvalue weighted by Crippen LogP contribution is 2.39. The number of carbonyl (C=O) groups is 1. The number of phenols is 1. The summed E-state index contributed by atoms with van der Waals surface area (Å²) in [5.41, 5.74) is 0.0925. The van der Waals surface area contributed by atoms with Gasteiger partial charge in [-0.3, -0.25) is 10.1 Å². The topological polar surface area (TPSA) is 131 Å². The molecule has 0 saturated heterocycles. The normalized spacial score (nSPS) is 10.8. The lowest BCUT2D eigenvalue weighted by Crippen LogP contribution is -2.07. The van der Waals surface area contributed by atoms with Crippen molar-refractivity contribution in [1.82, 2.24) is 15.4 Å². The van der Waals surface area contributed by atoms with Crippen LogP contribution in [0.1, 0.15) is 42.7 Å². The van der Waals surface area contributed by atoms with Gasteiger partial charge in [0.15, 0.2) is 5.69 Å². The molecule has 0 spiro atoms. The highest BCUT2D eigenvalue weighted by molar-refractivity contribution is 5.95. The van der Waals surface area contributed by atoms with Crippen molar-refractivity contribution in [2.24, 2.45) is 0 Å². The molecule has 0 radical (unpaired) electrons. The van der Waals surface area contributed by atoms with Crippen LogP contribution in [-0.4, -0.2) is 38.0 Å². The van der Waals surface area contributed by atoms with Crippen molar-refractivity contribution in [3.63, 3.8) is 0 Å². The van der Waals surface area contributed by atoms with E-state index in [0.717, 1.165) is 0 Å². The van der Waals surface area contributed by atoms with Gasteiger partial charge in [0.05, 0.1) is 17.1 Å². The Bertz CT molecular complexity index is 754. The first kappa shape index (κ1) is 16.4. The van der Waals surface area contributed by atoms with E-state index in [1.54, 1.807) is 13.0 Å². The SMILES string of the molecule is CCOC(=O)c1n[nH]nc1-c1cc(C(C)C)cc([N+](=O)[O-])c1O. The summed E-state index contributed by atoms with van der Waals surface area (Å²) >= 11 is 0. The van der Waals surface area contributed by atoms with Crippen LogP contribution < -0.4 is 0 Å². The number of H-pyrrole nitrogens is 1. The van der Waals surface area contributed by atoms with E-state index in [0.29, 0.717) is 5.56 Å². The van der Waals surface area contributed by atoms with Crippen molar-refractivity contribution in [3.05, 3.63) is 33.5 Å². The maximum atomic E-state index is 11.9. The molecule has 9 heteroatoms. The molecule has 1 aromatic heterocycles. The van der Waals surface area contributed by atoms with Crippen LogP contribution in [0.15, 0.2) is 12.1 Å². The van der Waals surface area contributed by atoms with Crippen LogP contribution in [0.25, 0.3) is 11.3 Å². The predicted octanol–water partition coefficient (Wildman–Crippen LogP) is 2.39. The summed E-state index contributed by atoms with van der Waals surface area (Å²) < 4.78 is 4.87. The fourth-order valence-electron chi connectivity index (χ4n) is 2.05. The third-order valence-corrected chi connectivity index (χ3v) is 3.25. The van der Waals surface area contributed by atoms with Gasteiger partial charge < -0.3 is 9.84 Å². The molecule has 0 aliphatic rings. The van der Waals surface area contributed by atoms with Crippen LogP contribution in [0.3, 0.4) is 0 Å². The van der Waals surface area contributed by atoms with Crippen LogP contribution in [0, 0.1) is 10.1 Å². The number of nitrogens with one attached hydrogen (secondary N) is 1. The summed E-state index contributed by atoms with van der Waals surface area (Å²) in [6.07, 6.45) is 0. The monoisotopic (exact) mass is 320 g/mol. The highest BCUT2D eigenvalue weighted by atomic mass is 16.6. The van der Waals surface area contributed by atoms with Crippen LogP contribution in [-0.2, 0) is 4.74 Å². The van der Waals surface area contributed by atoms with E-state index in [2.05, 4.69) is 15.4 Å². The molecule has 0 aliphatic carbocycles. The van der Waals surface area contributed by atoms with Crippen molar-refractivity contribution < 1.29 is 19.6 Å². The Labute approximate surface area is 131 Å². The van der Waals surface area contributed by atoms with Crippen LogP contribution in [0.4, 0.5) is 5.69 Å². The van der Waals surface area contributed by atoms with Gasteiger partial charge in [-0.1, -0.05) is 13.8 Å². The number of hydrogen-bond acceptors (Lipinski definition) is 7. The lowest BCUT2D eigenvalue weighted by Gasteiger charge is -2.10. The molecule has 0 bridgehead atoms. The van der Waals surface area contributed by atoms with Gasteiger partial charge >= 0.3 is 11.7 Å². The molecule has 122 valence electrons.